The van der Waals surface area contributed by atoms with Crippen LogP contribution in [0.5, 0.6) is 23.0 Å². The minimum absolute atomic E-state index is 0.0984. The molecule has 0 unspecified atom stereocenters. The van der Waals surface area contributed by atoms with Gasteiger partial charge >= 0.3 is 0 Å². The van der Waals surface area contributed by atoms with Gasteiger partial charge in [0.1, 0.15) is 22.9 Å². The lowest BCUT2D eigenvalue weighted by Crippen LogP contribution is -2.45. The fraction of sp³-hybridized carbons (Fsp3) is 0.375. The molecule has 1 atom stereocenters. The predicted molar refractivity (Wildman–Crippen MR) is 191 cm³/mol. The Kier molecular flexibility index (Phi) is 10.7. The number of aliphatic hydroxyl groups is 1. The number of anilines is 1. The summed E-state index contributed by atoms with van der Waals surface area (Å²) in [7, 11) is 0. The van der Waals surface area contributed by atoms with Crippen molar-refractivity contribution in [3.8, 4) is 23.0 Å². The van der Waals surface area contributed by atoms with E-state index in [9.17, 15) is 20.1 Å². The molecule has 2 aliphatic rings. The number of aromatic hydroxyl groups is 2. The fourth-order valence-corrected chi connectivity index (χ4v) is 7.08. The molecule has 1 saturated heterocycles. The van der Waals surface area contributed by atoms with Crippen LogP contribution in [-0.4, -0.2) is 71.6 Å². The maximum atomic E-state index is 11.6. The fourth-order valence-electron chi connectivity index (χ4n) is 7.08. The first-order chi connectivity index (χ1) is 23.7. The normalized spacial score (nSPS) is 16.4. The molecule has 6 rings (SSSR count). The van der Waals surface area contributed by atoms with Crippen LogP contribution >= 0.6 is 0 Å². The second kappa shape index (κ2) is 15.3. The number of likely N-dealkylation sites (tertiary alicyclic amines) is 1. The van der Waals surface area contributed by atoms with Crippen molar-refractivity contribution in [2.24, 2.45) is 0 Å². The summed E-state index contributed by atoms with van der Waals surface area (Å²) < 4.78 is 11.6. The van der Waals surface area contributed by atoms with E-state index in [0.29, 0.717) is 36.3 Å². The zero-order valence-electron chi connectivity index (χ0n) is 28.3. The number of rotatable bonds is 13. The maximum Gasteiger partial charge on any atom is 0.262 e. The van der Waals surface area contributed by atoms with Crippen LogP contribution in [0.1, 0.15) is 60.6 Å². The molecule has 0 aliphatic carbocycles. The molecular weight excluding hydrogens is 618 g/mol. The minimum atomic E-state index is -0.869. The average Bonchev–Trinajstić information content (AvgIpc) is 3.12. The number of aliphatic hydroxyl groups excluding tert-OH is 1. The number of hydrogen-bond acceptors (Lipinski definition) is 8. The Labute approximate surface area is 288 Å². The summed E-state index contributed by atoms with van der Waals surface area (Å²) in [6, 6.07) is 28.3. The summed E-state index contributed by atoms with van der Waals surface area (Å²) in [6.45, 7) is 7.79. The first-order valence-corrected chi connectivity index (χ1v) is 17.2. The number of fused-ring (bicyclic) bond motifs is 1. The highest BCUT2D eigenvalue weighted by atomic mass is 16.5. The van der Waals surface area contributed by atoms with Gasteiger partial charge in [-0.15, -0.1) is 0 Å². The molecular formula is C40H47N3O6. The molecule has 0 radical (unpaired) electrons. The number of ether oxygens (including phenoxy) is 2. The van der Waals surface area contributed by atoms with Gasteiger partial charge in [0.25, 0.3) is 5.91 Å². The van der Waals surface area contributed by atoms with Crippen LogP contribution in [0.3, 0.4) is 0 Å². The number of nitrogens with zero attached hydrogens (tertiary/aromatic N) is 1. The van der Waals surface area contributed by atoms with Gasteiger partial charge in [0.15, 0.2) is 12.4 Å². The van der Waals surface area contributed by atoms with Gasteiger partial charge in [0, 0.05) is 35.5 Å². The van der Waals surface area contributed by atoms with E-state index in [-0.39, 0.29) is 35.9 Å². The van der Waals surface area contributed by atoms with E-state index in [2.05, 4.69) is 65.8 Å². The lowest BCUT2D eigenvalue weighted by molar-refractivity contribution is -0.118. The van der Waals surface area contributed by atoms with Crippen molar-refractivity contribution in [2.75, 3.05) is 44.7 Å². The minimum Gasteiger partial charge on any atom is -0.508 e. The van der Waals surface area contributed by atoms with E-state index in [0.717, 1.165) is 61.2 Å². The van der Waals surface area contributed by atoms with Crippen LogP contribution in [0.15, 0.2) is 84.9 Å². The van der Waals surface area contributed by atoms with Crippen LogP contribution < -0.4 is 20.1 Å². The SMILES string of the molecule is CC(C)N1CCC(c2ccccc2)(c2cc(CCOc3ccc(CCNC[C@H](O)c4ccc(O)c5c4OCC(=O)N5)cc3)ccc2O)CC1. The number of phenolic OH excluding ortho intramolecular Hbond substituents is 2. The highest BCUT2D eigenvalue weighted by Crippen LogP contribution is 2.46. The van der Waals surface area contributed by atoms with Crippen molar-refractivity contribution in [3.63, 3.8) is 0 Å². The van der Waals surface area contributed by atoms with Crippen molar-refractivity contribution < 1.29 is 29.6 Å². The molecule has 0 aromatic heterocycles. The van der Waals surface area contributed by atoms with Gasteiger partial charge in [-0.25, -0.2) is 0 Å². The summed E-state index contributed by atoms with van der Waals surface area (Å²) in [4.78, 5) is 14.2. The predicted octanol–water partition coefficient (Wildman–Crippen LogP) is 5.71. The summed E-state index contributed by atoms with van der Waals surface area (Å²) in [5.74, 6) is 1.01. The van der Waals surface area contributed by atoms with Crippen LogP contribution in [0.2, 0.25) is 0 Å². The molecule has 49 heavy (non-hydrogen) atoms. The third-order valence-electron chi connectivity index (χ3n) is 9.93. The first kappa shape index (κ1) is 34.3. The Balaban J connectivity index is 1.00. The molecule has 258 valence electrons. The number of hydrogen-bond donors (Lipinski definition) is 5. The number of carbonyl (C=O) groups is 1. The van der Waals surface area contributed by atoms with Crippen molar-refractivity contribution in [2.45, 2.75) is 57.1 Å². The van der Waals surface area contributed by atoms with Gasteiger partial charge in [-0.3, -0.25) is 4.79 Å². The Bertz CT molecular complexity index is 1720. The largest absolute Gasteiger partial charge is 0.508 e. The van der Waals surface area contributed by atoms with Crippen molar-refractivity contribution in [3.05, 3.63) is 113 Å². The van der Waals surface area contributed by atoms with E-state index in [4.69, 9.17) is 9.47 Å². The summed E-state index contributed by atoms with van der Waals surface area (Å²) in [5, 5.41) is 37.8. The quantitative estimate of drug-likeness (QED) is 0.0910. The molecule has 1 fully saturated rings. The third-order valence-corrected chi connectivity index (χ3v) is 9.93. The zero-order chi connectivity index (χ0) is 34.4. The van der Waals surface area contributed by atoms with Gasteiger partial charge in [-0.2, -0.15) is 0 Å². The van der Waals surface area contributed by atoms with Crippen molar-refractivity contribution in [1.29, 1.82) is 0 Å². The van der Waals surface area contributed by atoms with E-state index >= 15 is 0 Å². The van der Waals surface area contributed by atoms with Crippen LogP contribution in [0, 0.1) is 0 Å². The number of phenols is 2. The molecule has 0 bridgehead atoms. The highest BCUT2D eigenvalue weighted by molar-refractivity contribution is 5.97. The zero-order valence-corrected chi connectivity index (χ0v) is 28.3. The highest BCUT2D eigenvalue weighted by Gasteiger charge is 2.40. The van der Waals surface area contributed by atoms with E-state index in [1.807, 2.05) is 36.4 Å². The van der Waals surface area contributed by atoms with Gasteiger partial charge in [-0.1, -0.05) is 54.6 Å². The molecule has 1 amide bonds. The number of benzene rings is 4. The van der Waals surface area contributed by atoms with Crippen LogP contribution in [-0.2, 0) is 23.1 Å². The molecule has 0 saturated carbocycles. The topological polar surface area (TPSA) is 124 Å². The van der Waals surface area contributed by atoms with Gasteiger partial charge in [0.05, 0.1) is 12.7 Å². The molecule has 9 nitrogen and oxygen atoms in total. The Morgan fingerprint density at radius 1 is 0.918 bits per heavy atom. The average molecular weight is 666 g/mol. The van der Waals surface area contributed by atoms with Gasteiger partial charge in [-0.05, 0) is 99.8 Å². The smallest absolute Gasteiger partial charge is 0.262 e. The van der Waals surface area contributed by atoms with Gasteiger partial charge < -0.3 is 40.3 Å². The van der Waals surface area contributed by atoms with Crippen molar-refractivity contribution >= 4 is 11.6 Å². The molecule has 5 N–H and O–H groups in total. The monoisotopic (exact) mass is 665 g/mol. The summed E-state index contributed by atoms with van der Waals surface area (Å²) >= 11 is 0. The molecule has 0 spiro atoms. The molecule has 9 heteroatoms. The first-order valence-electron chi connectivity index (χ1n) is 17.2. The summed E-state index contributed by atoms with van der Waals surface area (Å²) in [6.07, 6.45) is 2.54. The van der Waals surface area contributed by atoms with Crippen molar-refractivity contribution in [1.82, 2.24) is 10.2 Å². The van der Waals surface area contributed by atoms with Gasteiger partial charge in [0.2, 0.25) is 0 Å². The molecule has 2 heterocycles. The summed E-state index contributed by atoms with van der Waals surface area (Å²) in [5.41, 5.74) is 5.02. The second-order valence-electron chi connectivity index (χ2n) is 13.4. The van der Waals surface area contributed by atoms with Crippen LogP contribution in [0.4, 0.5) is 5.69 Å². The number of nitrogens with one attached hydrogen (secondary N) is 2. The second-order valence-corrected chi connectivity index (χ2v) is 13.4. The standard InChI is InChI=1S/C40H47N3O6/c1-27(2)43-21-18-40(19-22-43,30-6-4-3-5-7-30)33-24-29(10-14-34(33)44)17-23-48-31-11-8-28(9-12-31)16-20-41-25-36(46)32-13-15-35(45)38-39(32)49-26-37(47)42-38/h3-15,24,27,36,41,44-46H,16-23,25-26H2,1-2H3,(H,42,47)/t36-/m0/s1. The third kappa shape index (κ3) is 7.85. The lowest BCUT2D eigenvalue weighted by Gasteiger charge is -2.44. The van der Waals surface area contributed by atoms with E-state index < -0.39 is 6.10 Å². The number of amides is 1. The molecule has 4 aromatic carbocycles. The number of piperidine rings is 1. The number of carbonyl (C=O) groups excluding carboxylic acids is 1. The molecule has 4 aromatic rings. The maximum absolute atomic E-state index is 11.6. The van der Waals surface area contributed by atoms with E-state index in [1.54, 1.807) is 6.07 Å². The molecule has 2 aliphatic heterocycles. The Morgan fingerprint density at radius 3 is 2.37 bits per heavy atom. The lowest BCUT2D eigenvalue weighted by atomic mass is 9.67. The van der Waals surface area contributed by atoms with E-state index in [1.165, 1.54) is 11.6 Å². The Morgan fingerprint density at radius 2 is 1.63 bits per heavy atom. The van der Waals surface area contributed by atoms with Crippen LogP contribution in [0.25, 0.3) is 0 Å². The Hall–Kier alpha value is -4.57.